The average molecular weight is 444 g/mol. The number of likely N-dealkylation sites (N-methyl/N-ethyl adjacent to an activating group) is 1. The minimum atomic E-state index is -0.0832. The minimum Gasteiger partial charge on any atom is -0.493 e. The number of carbonyl (C=O) groups is 1. The number of amides is 1. The molecule has 2 aromatic rings. The van der Waals surface area contributed by atoms with Gasteiger partial charge in [0.2, 0.25) is 0 Å². The van der Waals surface area contributed by atoms with E-state index in [1.807, 2.05) is 37.3 Å². The van der Waals surface area contributed by atoms with Gasteiger partial charge in [0.05, 0.1) is 12.0 Å². The number of benzene rings is 2. The first-order valence-electron chi connectivity index (χ1n) is 9.84. The van der Waals surface area contributed by atoms with Gasteiger partial charge in [-0.15, -0.1) is 0 Å². The van der Waals surface area contributed by atoms with Crippen molar-refractivity contribution < 1.29 is 19.0 Å². The van der Waals surface area contributed by atoms with Crippen molar-refractivity contribution in [1.29, 1.82) is 0 Å². The number of rotatable bonds is 9. The number of nitrogens with zero attached hydrogens (tertiary/aromatic N) is 1. The van der Waals surface area contributed by atoms with Crippen molar-refractivity contribution in [3.05, 3.63) is 58.5 Å². The van der Waals surface area contributed by atoms with Gasteiger partial charge in [0.25, 0.3) is 5.91 Å². The topological polar surface area (TPSA) is 48.0 Å². The fourth-order valence-electron chi connectivity index (χ4n) is 3.00. The van der Waals surface area contributed by atoms with E-state index in [1.165, 1.54) is 17.3 Å². The number of methoxy groups -OCH3 is 1. The second-order valence-electron chi connectivity index (χ2n) is 6.50. The Morgan fingerprint density at radius 2 is 1.80 bits per heavy atom. The van der Waals surface area contributed by atoms with Gasteiger partial charge in [-0.2, -0.15) is 0 Å². The Kier molecular flexibility index (Phi) is 7.76. The van der Waals surface area contributed by atoms with E-state index in [0.29, 0.717) is 40.5 Å². The van der Waals surface area contributed by atoms with Gasteiger partial charge in [-0.05, 0) is 43.2 Å². The molecule has 0 unspecified atom stereocenters. The second kappa shape index (κ2) is 10.5. The number of para-hydroxylation sites is 1. The molecule has 5 nitrogen and oxygen atoms in total. The summed E-state index contributed by atoms with van der Waals surface area (Å²) in [6, 6.07) is 13.6. The van der Waals surface area contributed by atoms with Gasteiger partial charge in [0.15, 0.2) is 11.5 Å². The number of aryl methyl sites for hydroxylation is 1. The van der Waals surface area contributed by atoms with Crippen LogP contribution in [0.15, 0.2) is 47.4 Å². The standard InChI is InChI=1S/C23H25NO4S2/c1-4-16-9-11-18(12-10-16)27-13-14-28-21-17(7-6-8-19(21)26-3)15-20-22(25)24(5-2)23(29)30-20/h6-12,15H,4-5,13-14H2,1-3H3/b20-15-. The SMILES string of the molecule is CCc1ccc(OCCOc2c(/C=C3\SC(=S)N(CC)C3=O)cccc2OC)cc1. The first-order valence-corrected chi connectivity index (χ1v) is 11.1. The number of hydrogen-bond donors (Lipinski definition) is 0. The Labute approximate surface area is 187 Å². The van der Waals surface area contributed by atoms with Crippen molar-refractivity contribution in [3.63, 3.8) is 0 Å². The Balaban J connectivity index is 1.70. The molecular formula is C23H25NO4S2. The van der Waals surface area contributed by atoms with Crippen LogP contribution in [0.25, 0.3) is 6.08 Å². The first kappa shape index (κ1) is 22.2. The summed E-state index contributed by atoms with van der Waals surface area (Å²) in [4.78, 5) is 14.7. The van der Waals surface area contributed by atoms with Crippen molar-refractivity contribution >= 4 is 40.3 Å². The van der Waals surface area contributed by atoms with Crippen LogP contribution in [0, 0.1) is 0 Å². The molecule has 0 spiro atoms. The van der Waals surface area contributed by atoms with Crippen LogP contribution >= 0.6 is 24.0 Å². The lowest BCUT2D eigenvalue weighted by Gasteiger charge is -2.14. The number of thiocarbonyl (C=S) groups is 1. The molecule has 0 aliphatic carbocycles. The summed E-state index contributed by atoms with van der Waals surface area (Å²) in [5.74, 6) is 1.90. The van der Waals surface area contributed by atoms with Crippen LogP contribution in [0.5, 0.6) is 17.2 Å². The molecule has 0 N–H and O–H groups in total. The lowest BCUT2D eigenvalue weighted by Crippen LogP contribution is -2.27. The van der Waals surface area contributed by atoms with Crippen molar-refractivity contribution in [2.24, 2.45) is 0 Å². The van der Waals surface area contributed by atoms with E-state index in [4.69, 9.17) is 26.4 Å². The highest BCUT2D eigenvalue weighted by atomic mass is 32.2. The summed E-state index contributed by atoms with van der Waals surface area (Å²) in [5.41, 5.74) is 2.03. The molecule has 1 aliphatic heterocycles. The van der Waals surface area contributed by atoms with Crippen LogP contribution in [0.4, 0.5) is 0 Å². The number of carbonyl (C=O) groups excluding carboxylic acids is 1. The molecule has 1 saturated heterocycles. The van der Waals surface area contributed by atoms with Gasteiger partial charge < -0.3 is 14.2 Å². The van der Waals surface area contributed by atoms with E-state index in [1.54, 1.807) is 18.1 Å². The molecular weight excluding hydrogens is 418 g/mol. The Morgan fingerprint density at radius 1 is 1.07 bits per heavy atom. The van der Waals surface area contributed by atoms with Crippen molar-refractivity contribution in [2.75, 3.05) is 26.9 Å². The maximum atomic E-state index is 12.5. The summed E-state index contributed by atoms with van der Waals surface area (Å²) >= 11 is 6.59. The normalized spacial score (nSPS) is 15.0. The third-order valence-corrected chi connectivity index (χ3v) is 6.01. The molecule has 0 aromatic heterocycles. The predicted octanol–water partition coefficient (Wildman–Crippen LogP) is 4.94. The van der Waals surface area contributed by atoms with Crippen LogP contribution < -0.4 is 14.2 Å². The third-order valence-electron chi connectivity index (χ3n) is 4.64. The summed E-state index contributed by atoms with van der Waals surface area (Å²) in [7, 11) is 1.59. The Morgan fingerprint density at radius 3 is 2.43 bits per heavy atom. The predicted molar refractivity (Wildman–Crippen MR) is 125 cm³/mol. The number of thioether (sulfide) groups is 1. The van der Waals surface area contributed by atoms with Gasteiger partial charge >= 0.3 is 0 Å². The lowest BCUT2D eigenvalue weighted by molar-refractivity contribution is -0.121. The molecule has 158 valence electrons. The van der Waals surface area contributed by atoms with Crippen LogP contribution in [-0.4, -0.2) is 42.0 Å². The maximum Gasteiger partial charge on any atom is 0.266 e. The van der Waals surface area contributed by atoms with Crippen molar-refractivity contribution in [1.82, 2.24) is 4.90 Å². The fourth-order valence-corrected chi connectivity index (χ4v) is 4.38. The molecule has 2 aromatic carbocycles. The Hall–Kier alpha value is -2.51. The fraction of sp³-hybridized carbons (Fsp3) is 0.304. The van der Waals surface area contributed by atoms with E-state index in [2.05, 4.69) is 19.1 Å². The summed E-state index contributed by atoms with van der Waals surface area (Å²) in [5, 5.41) is 0. The van der Waals surface area contributed by atoms with E-state index in [-0.39, 0.29) is 5.91 Å². The van der Waals surface area contributed by atoms with E-state index in [0.717, 1.165) is 17.7 Å². The van der Waals surface area contributed by atoms with Crippen molar-refractivity contribution in [2.45, 2.75) is 20.3 Å². The molecule has 0 radical (unpaired) electrons. The van der Waals surface area contributed by atoms with Gasteiger partial charge in [-0.25, -0.2) is 0 Å². The van der Waals surface area contributed by atoms with Gasteiger partial charge in [-0.3, -0.25) is 9.69 Å². The quantitative estimate of drug-likeness (QED) is 0.311. The molecule has 1 aliphatic rings. The Bertz CT molecular complexity index is 941. The third kappa shape index (κ3) is 5.15. The zero-order valence-corrected chi connectivity index (χ0v) is 19.0. The summed E-state index contributed by atoms with van der Waals surface area (Å²) in [6.07, 6.45) is 2.80. The van der Waals surface area contributed by atoms with E-state index >= 15 is 0 Å². The van der Waals surface area contributed by atoms with Crippen LogP contribution in [-0.2, 0) is 11.2 Å². The molecule has 0 atom stereocenters. The van der Waals surface area contributed by atoms with Gasteiger partial charge in [-0.1, -0.05) is 55.2 Å². The second-order valence-corrected chi connectivity index (χ2v) is 8.17. The monoisotopic (exact) mass is 443 g/mol. The zero-order chi connectivity index (χ0) is 21.5. The van der Waals surface area contributed by atoms with E-state index in [9.17, 15) is 4.79 Å². The van der Waals surface area contributed by atoms with Crippen LogP contribution in [0.3, 0.4) is 0 Å². The lowest BCUT2D eigenvalue weighted by atomic mass is 10.1. The summed E-state index contributed by atoms with van der Waals surface area (Å²) < 4.78 is 17.8. The molecule has 3 rings (SSSR count). The molecule has 1 amide bonds. The van der Waals surface area contributed by atoms with Crippen LogP contribution in [0.2, 0.25) is 0 Å². The molecule has 30 heavy (non-hydrogen) atoms. The smallest absolute Gasteiger partial charge is 0.266 e. The zero-order valence-electron chi connectivity index (χ0n) is 17.3. The average Bonchev–Trinajstić information content (AvgIpc) is 3.04. The largest absolute Gasteiger partial charge is 0.493 e. The molecule has 1 heterocycles. The van der Waals surface area contributed by atoms with Crippen molar-refractivity contribution in [3.8, 4) is 17.2 Å². The van der Waals surface area contributed by atoms with Gasteiger partial charge in [0, 0.05) is 12.1 Å². The van der Waals surface area contributed by atoms with Crippen LogP contribution in [0.1, 0.15) is 25.0 Å². The highest BCUT2D eigenvalue weighted by Crippen LogP contribution is 2.37. The molecule has 0 saturated carbocycles. The highest BCUT2D eigenvalue weighted by molar-refractivity contribution is 8.26. The van der Waals surface area contributed by atoms with Gasteiger partial charge in [0.1, 0.15) is 23.3 Å². The molecule has 0 bridgehead atoms. The minimum absolute atomic E-state index is 0.0832. The number of ether oxygens (including phenoxy) is 3. The molecule has 1 fully saturated rings. The highest BCUT2D eigenvalue weighted by Gasteiger charge is 2.31. The van der Waals surface area contributed by atoms with E-state index < -0.39 is 0 Å². The molecule has 7 heteroatoms. The number of hydrogen-bond acceptors (Lipinski definition) is 6. The maximum absolute atomic E-state index is 12.5. The summed E-state index contributed by atoms with van der Waals surface area (Å²) in [6.45, 7) is 5.31. The first-order chi connectivity index (χ1) is 14.6.